The molecule has 0 aromatic carbocycles. The zero-order valence-corrected chi connectivity index (χ0v) is 5.79. The van der Waals surface area contributed by atoms with E-state index in [1.54, 1.807) is 13.0 Å². The molecule has 0 atom stereocenters. The van der Waals surface area contributed by atoms with Crippen molar-refractivity contribution >= 4 is 5.91 Å². The molecule has 0 unspecified atom stereocenters. The van der Waals surface area contributed by atoms with E-state index in [1.807, 2.05) is 0 Å². The van der Waals surface area contributed by atoms with Gasteiger partial charge in [0.15, 0.2) is 0 Å². The van der Waals surface area contributed by atoms with Gasteiger partial charge in [0.2, 0.25) is 0 Å². The number of hydrogen-bond donors (Lipinski definition) is 0. The molecule has 0 N–H and O–H groups in total. The van der Waals surface area contributed by atoms with E-state index in [-0.39, 0.29) is 5.91 Å². The second kappa shape index (κ2) is 2.56. The summed E-state index contributed by atoms with van der Waals surface area (Å²) in [6, 6.07) is 0. The first kappa shape index (κ1) is 6.86. The number of allylic oxidation sites excluding steroid dienone is 2. The molecule has 0 bridgehead atoms. The van der Waals surface area contributed by atoms with Crippen molar-refractivity contribution in [3.8, 4) is 0 Å². The van der Waals surface area contributed by atoms with E-state index in [4.69, 9.17) is 0 Å². The Morgan fingerprint density at radius 3 is 2.70 bits per heavy atom. The highest BCUT2D eigenvalue weighted by Crippen LogP contribution is 2.18. The van der Waals surface area contributed by atoms with Gasteiger partial charge < -0.3 is 0 Å². The van der Waals surface area contributed by atoms with Gasteiger partial charge in [-0.05, 0) is 13.3 Å². The molecule has 1 amide bonds. The summed E-state index contributed by atoms with van der Waals surface area (Å²) in [6.07, 6.45) is 2.24. The summed E-state index contributed by atoms with van der Waals surface area (Å²) < 4.78 is 0. The molecule has 1 aliphatic rings. The SMILES string of the molecule is C=CCC1=C(C)N=NC1=O. The molecular weight excluding hydrogens is 128 g/mol. The Hall–Kier alpha value is -1.25. The van der Waals surface area contributed by atoms with Crippen molar-refractivity contribution in [2.45, 2.75) is 13.3 Å². The predicted molar refractivity (Wildman–Crippen MR) is 37.4 cm³/mol. The van der Waals surface area contributed by atoms with Gasteiger partial charge in [0.25, 0.3) is 5.91 Å². The van der Waals surface area contributed by atoms with Gasteiger partial charge in [0.1, 0.15) is 0 Å². The Kier molecular flexibility index (Phi) is 1.76. The summed E-state index contributed by atoms with van der Waals surface area (Å²) >= 11 is 0. The van der Waals surface area contributed by atoms with E-state index >= 15 is 0 Å². The quantitative estimate of drug-likeness (QED) is 0.534. The molecule has 0 spiro atoms. The van der Waals surface area contributed by atoms with Crippen molar-refractivity contribution < 1.29 is 4.79 Å². The monoisotopic (exact) mass is 136 g/mol. The number of nitrogens with zero attached hydrogens (tertiary/aromatic N) is 2. The van der Waals surface area contributed by atoms with Crippen LogP contribution in [0.4, 0.5) is 0 Å². The van der Waals surface area contributed by atoms with Gasteiger partial charge in [-0.25, -0.2) is 0 Å². The highest BCUT2D eigenvalue weighted by molar-refractivity contribution is 5.96. The Morgan fingerprint density at radius 2 is 2.30 bits per heavy atom. The number of carbonyl (C=O) groups excluding carboxylic acids is 1. The Morgan fingerprint density at radius 1 is 1.60 bits per heavy atom. The van der Waals surface area contributed by atoms with Crippen LogP contribution in [0, 0.1) is 0 Å². The van der Waals surface area contributed by atoms with Crippen LogP contribution in [-0.4, -0.2) is 5.91 Å². The molecule has 0 aromatic rings. The number of carbonyl (C=O) groups is 1. The standard InChI is InChI=1S/C7H8N2O/c1-3-4-6-5(2)8-9-7(6)10/h3H,1,4H2,2H3. The maximum absolute atomic E-state index is 10.8. The van der Waals surface area contributed by atoms with Crippen LogP contribution >= 0.6 is 0 Å². The molecule has 52 valence electrons. The van der Waals surface area contributed by atoms with Gasteiger partial charge in [-0.3, -0.25) is 4.79 Å². The minimum absolute atomic E-state index is 0.225. The predicted octanol–water partition coefficient (Wildman–Crippen LogP) is 1.83. The molecule has 0 saturated heterocycles. The summed E-state index contributed by atoms with van der Waals surface area (Å²) in [6.45, 7) is 5.29. The number of amides is 1. The van der Waals surface area contributed by atoms with E-state index in [0.717, 1.165) is 0 Å². The van der Waals surface area contributed by atoms with E-state index in [0.29, 0.717) is 17.7 Å². The van der Waals surface area contributed by atoms with Crippen LogP contribution in [0.25, 0.3) is 0 Å². The van der Waals surface area contributed by atoms with E-state index in [1.165, 1.54) is 0 Å². The molecule has 0 aromatic heterocycles. The lowest BCUT2D eigenvalue weighted by atomic mass is 10.1. The van der Waals surface area contributed by atoms with Gasteiger partial charge in [0.05, 0.1) is 5.70 Å². The fraction of sp³-hybridized carbons (Fsp3) is 0.286. The molecule has 3 heteroatoms. The van der Waals surface area contributed by atoms with Crippen LogP contribution in [0.5, 0.6) is 0 Å². The number of rotatable bonds is 2. The average molecular weight is 136 g/mol. The summed E-state index contributed by atoms with van der Waals surface area (Å²) in [5.41, 5.74) is 1.37. The third kappa shape index (κ3) is 1.03. The number of hydrogen-bond acceptors (Lipinski definition) is 2. The molecule has 0 fully saturated rings. The third-order valence-corrected chi connectivity index (χ3v) is 1.33. The lowest BCUT2D eigenvalue weighted by Crippen LogP contribution is -1.93. The molecule has 1 heterocycles. The van der Waals surface area contributed by atoms with Crippen LogP contribution in [0.3, 0.4) is 0 Å². The van der Waals surface area contributed by atoms with Crippen LogP contribution < -0.4 is 0 Å². The van der Waals surface area contributed by atoms with Gasteiger partial charge in [-0.15, -0.1) is 11.7 Å². The Bertz CT molecular complexity index is 238. The van der Waals surface area contributed by atoms with Gasteiger partial charge >= 0.3 is 0 Å². The molecule has 3 nitrogen and oxygen atoms in total. The zero-order chi connectivity index (χ0) is 7.56. The van der Waals surface area contributed by atoms with Crippen LogP contribution in [0.15, 0.2) is 34.2 Å². The fourth-order valence-electron chi connectivity index (χ4n) is 0.775. The molecule has 1 rings (SSSR count). The molecule has 10 heavy (non-hydrogen) atoms. The molecule has 0 saturated carbocycles. The molecular formula is C7H8N2O. The van der Waals surface area contributed by atoms with Gasteiger partial charge in [0, 0.05) is 5.57 Å². The van der Waals surface area contributed by atoms with E-state index in [9.17, 15) is 4.79 Å². The minimum atomic E-state index is -0.225. The summed E-state index contributed by atoms with van der Waals surface area (Å²) in [7, 11) is 0. The Balaban J connectivity index is 2.84. The summed E-state index contributed by atoms with van der Waals surface area (Å²) in [5.74, 6) is -0.225. The zero-order valence-electron chi connectivity index (χ0n) is 5.79. The van der Waals surface area contributed by atoms with Crippen molar-refractivity contribution in [1.29, 1.82) is 0 Å². The first-order valence-corrected chi connectivity index (χ1v) is 3.02. The second-order valence-corrected chi connectivity index (χ2v) is 2.06. The van der Waals surface area contributed by atoms with E-state index in [2.05, 4.69) is 16.8 Å². The third-order valence-electron chi connectivity index (χ3n) is 1.33. The maximum atomic E-state index is 10.8. The second-order valence-electron chi connectivity index (χ2n) is 2.06. The van der Waals surface area contributed by atoms with Crippen molar-refractivity contribution in [1.82, 2.24) is 0 Å². The first-order valence-electron chi connectivity index (χ1n) is 3.02. The lowest BCUT2D eigenvalue weighted by Gasteiger charge is -1.90. The highest BCUT2D eigenvalue weighted by atomic mass is 16.2. The van der Waals surface area contributed by atoms with Gasteiger partial charge in [-0.1, -0.05) is 6.08 Å². The minimum Gasteiger partial charge on any atom is -0.265 e. The molecule has 0 aliphatic carbocycles. The van der Waals surface area contributed by atoms with E-state index < -0.39 is 0 Å². The van der Waals surface area contributed by atoms with Crippen molar-refractivity contribution in [2.24, 2.45) is 10.2 Å². The average Bonchev–Trinajstić information content (AvgIpc) is 2.20. The molecule has 0 radical (unpaired) electrons. The smallest absolute Gasteiger partial charge is 0.265 e. The first-order chi connectivity index (χ1) is 4.75. The van der Waals surface area contributed by atoms with Crippen molar-refractivity contribution in [3.63, 3.8) is 0 Å². The van der Waals surface area contributed by atoms with Crippen molar-refractivity contribution in [2.75, 3.05) is 0 Å². The topological polar surface area (TPSA) is 41.8 Å². The van der Waals surface area contributed by atoms with Crippen LogP contribution in [0.2, 0.25) is 0 Å². The van der Waals surface area contributed by atoms with Crippen LogP contribution in [0.1, 0.15) is 13.3 Å². The highest BCUT2D eigenvalue weighted by Gasteiger charge is 2.15. The summed E-state index contributed by atoms with van der Waals surface area (Å²) in [5, 5.41) is 7.01. The number of azo groups is 1. The maximum Gasteiger partial charge on any atom is 0.293 e. The van der Waals surface area contributed by atoms with Gasteiger partial charge in [-0.2, -0.15) is 5.11 Å². The molecule has 1 aliphatic heterocycles. The lowest BCUT2D eigenvalue weighted by molar-refractivity contribution is -0.114. The summed E-state index contributed by atoms with van der Waals surface area (Å²) in [4.78, 5) is 10.8. The fourth-order valence-corrected chi connectivity index (χ4v) is 0.775. The largest absolute Gasteiger partial charge is 0.293 e. The normalized spacial score (nSPS) is 16.7. The van der Waals surface area contributed by atoms with Crippen molar-refractivity contribution in [3.05, 3.63) is 23.9 Å². The van der Waals surface area contributed by atoms with Crippen LogP contribution in [-0.2, 0) is 4.79 Å². The Labute approximate surface area is 59.2 Å².